The van der Waals surface area contributed by atoms with Crippen molar-refractivity contribution in [1.82, 2.24) is 4.98 Å². The minimum Gasteiger partial charge on any atom is -0.477 e. The molecule has 0 unspecified atom stereocenters. The highest BCUT2D eigenvalue weighted by Gasteiger charge is 2.09. The first-order valence-electron chi connectivity index (χ1n) is 4.14. The number of carbonyl (C=O) groups is 1. The predicted molar refractivity (Wildman–Crippen MR) is 54.3 cm³/mol. The Labute approximate surface area is 87.0 Å². The lowest BCUT2D eigenvalue weighted by Crippen LogP contribution is -2.15. The van der Waals surface area contributed by atoms with Crippen molar-refractivity contribution in [2.45, 2.75) is 6.92 Å². The van der Waals surface area contributed by atoms with Crippen molar-refractivity contribution in [2.24, 2.45) is 0 Å². The van der Waals surface area contributed by atoms with Gasteiger partial charge in [-0.25, -0.2) is 18.2 Å². The van der Waals surface area contributed by atoms with E-state index < -0.39 is 16.0 Å². The zero-order valence-corrected chi connectivity index (χ0v) is 8.78. The first-order chi connectivity index (χ1) is 6.94. The van der Waals surface area contributed by atoms with Gasteiger partial charge in [0, 0.05) is 6.20 Å². The fourth-order valence-electron chi connectivity index (χ4n) is 0.863. The SMILES string of the molecule is CCS(=O)(=O)Nc1ccnc(C(=O)O)c1. The molecule has 0 aliphatic rings. The van der Waals surface area contributed by atoms with E-state index in [1.54, 1.807) is 0 Å². The van der Waals surface area contributed by atoms with Crippen LogP contribution in [0.4, 0.5) is 5.69 Å². The molecule has 0 saturated heterocycles. The first kappa shape index (κ1) is 11.4. The second-order valence-corrected chi connectivity index (χ2v) is 4.75. The van der Waals surface area contributed by atoms with Crippen molar-refractivity contribution >= 4 is 21.7 Å². The fraction of sp³-hybridized carbons (Fsp3) is 0.250. The van der Waals surface area contributed by atoms with Gasteiger partial charge in [0.25, 0.3) is 0 Å². The van der Waals surface area contributed by atoms with Crippen LogP contribution in [0.3, 0.4) is 0 Å². The second kappa shape index (κ2) is 4.26. The molecule has 0 saturated carbocycles. The van der Waals surface area contributed by atoms with E-state index in [4.69, 9.17) is 5.11 Å². The molecule has 1 rings (SSSR count). The van der Waals surface area contributed by atoms with Crippen molar-refractivity contribution < 1.29 is 18.3 Å². The van der Waals surface area contributed by atoms with Gasteiger partial charge in [-0.3, -0.25) is 4.72 Å². The summed E-state index contributed by atoms with van der Waals surface area (Å²) in [4.78, 5) is 14.1. The van der Waals surface area contributed by atoms with E-state index in [1.165, 1.54) is 19.2 Å². The summed E-state index contributed by atoms with van der Waals surface area (Å²) in [6.07, 6.45) is 1.23. The normalized spacial score (nSPS) is 11.0. The molecule has 0 atom stereocenters. The summed E-state index contributed by atoms with van der Waals surface area (Å²) in [6.45, 7) is 1.49. The minimum absolute atomic E-state index is 0.0717. The van der Waals surface area contributed by atoms with E-state index in [0.29, 0.717) is 0 Å². The van der Waals surface area contributed by atoms with Gasteiger partial charge in [0.1, 0.15) is 5.69 Å². The largest absolute Gasteiger partial charge is 0.477 e. The van der Waals surface area contributed by atoms with Crippen molar-refractivity contribution in [3.63, 3.8) is 0 Å². The Balaban J connectivity index is 2.97. The summed E-state index contributed by atoms with van der Waals surface area (Å²) < 4.78 is 24.6. The number of aromatic carboxylic acids is 1. The molecule has 1 heterocycles. The van der Waals surface area contributed by atoms with E-state index in [0.717, 1.165) is 6.07 Å². The third-order valence-corrected chi connectivity index (χ3v) is 2.94. The lowest BCUT2D eigenvalue weighted by Gasteiger charge is -2.05. The number of nitrogens with one attached hydrogen (secondary N) is 1. The zero-order valence-electron chi connectivity index (χ0n) is 7.97. The Hall–Kier alpha value is -1.63. The number of nitrogens with zero attached hydrogens (tertiary/aromatic N) is 1. The lowest BCUT2D eigenvalue weighted by atomic mass is 10.3. The fourth-order valence-corrected chi connectivity index (χ4v) is 1.49. The summed E-state index contributed by atoms with van der Waals surface area (Å²) in [6, 6.07) is 2.55. The molecule has 0 spiro atoms. The number of carboxylic acid groups (broad SMARTS) is 1. The monoisotopic (exact) mass is 230 g/mol. The average Bonchev–Trinajstić information content (AvgIpc) is 2.17. The van der Waals surface area contributed by atoms with Crippen LogP contribution in [0.15, 0.2) is 18.3 Å². The molecule has 0 fully saturated rings. The third kappa shape index (κ3) is 3.21. The van der Waals surface area contributed by atoms with Crippen LogP contribution in [0.1, 0.15) is 17.4 Å². The van der Waals surface area contributed by atoms with Gasteiger partial charge in [-0.2, -0.15) is 0 Å². The molecule has 15 heavy (non-hydrogen) atoms. The van der Waals surface area contributed by atoms with E-state index in [-0.39, 0.29) is 17.1 Å². The predicted octanol–water partition coefficient (Wildman–Crippen LogP) is 0.541. The summed E-state index contributed by atoms with van der Waals surface area (Å²) >= 11 is 0. The number of pyridine rings is 1. The molecule has 0 radical (unpaired) electrons. The van der Waals surface area contributed by atoms with E-state index in [1.807, 2.05) is 0 Å². The van der Waals surface area contributed by atoms with Gasteiger partial charge in [0.2, 0.25) is 10.0 Å². The smallest absolute Gasteiger partial charge is 0.354 e. The van der Waals surface area contributed by atoms with Gasteiger partial charge in [-0.05, 0) is 19.1 Å². The number of aromatic nitrogens is 1. The molecule has 82 valence electrons. The van der Waals surface area contributed by atoms with E-state index >= 15 is 0 Å². The number of rotatable bonds is 4. The zero-order chi connectivity index (χ0) is 11.5. The third-order valence-electron chi connectivity index (χ3n) is 1.63. The molecule has 1 aromatic heterocycles. The molecule has 7 heteroatoms. The van der Waals surface area contributed by atoms with Crippen molar-refractivity contribution in [3.8, 4) is 0 Å². The number of sulfonamides is 1. The summed E-state index contributed by atoms with van der Waals surface area (Å²) in [5.41, 5.74) is -0.00412. The van der Waals surface area contributed by atoms with Crippen LogP contribution in [0, 0.1) is 0 Å². The molecule has 0 aliphatic heterocycles. The number of hydrogen-bond donors (Lipinski definition) is 2. The number of hydrogen-bond acceptors (Lipinski definition) is 4. The molecular weight excluding hydrogens is 220 g/mol. The van der Waals surface area contributed by atoms with Gasteiger partial charge < -0.3 is 5.11 Å². The van der Waals surface area contributed by atoms with Gasteiger partial charge in [0.05, 0.1) is 11.4 Å². The maximum absolute atomic E-state index is 11.2. The Kier molecular flexibility index (Phi) is 3.25. The van der Waals surface area contributed by atoms with Gasteiger partial charge in [-0.15, -0.1) is 0 Å². The van der Waals surface area contributed by atoms with Crippen LogP contribution in [-0.2, 0) is 10.0 Å². The van der Waals surface area contributed by atoms with E-state index in [2.05, 4.69) is 9.71 Å². The maximum Gasteiger partial charge on any atom is 0.354 e. The highest BCUT2D eigenvalue weighted by atomic mass is 32.2. The standard InChI is InChI=1S/C8H10N2O4S/c1-2-15(13,14)10-6-3-4-9-7(5-6)8(11)12/h3-5H,2H2,1H3,(H,9,10)(H,11,12). The highest BCUT2D eigenvalue weighted by molar-refractivity contribution is 7.92. The van der Waals surface area contributed by atoms with Gasteiger partial charge in [-0.1, -0.05) is 0 Å². The Morgan fingerprint density at radius 1 is 1.60 bits per heavy atom. The topological polar surface area (TPSA) is 96.4 Å². The summed E-state index contributed by atoms with van der Waals surface area (Å²) in [7, 11) is -3.39. The lowest BCUT2D eigenvalue weighted by molar-refractivity contribution is 0.0690. The molecule has 6 nitrogen and oxygen atoms in total. The van der Waals surface area contributed by atoms with E-state index in [9.17, 15) is 13.2 Å². The molecule has 0 aromatic carbocycles. The van der Waals surface area contributed by atoms with Gasteiger partial charge >= 0.3 is 5.97 Å². The van der Waals surface area contributed by atoms with Crippen LogP contribution in [0.25, 0.3) is 0 Å². The van der Waals surface area contributed by atoms with Crippen molar-refractivity contribution in [2.75, 3.05) is 10.5 Å². The summed E-state index contributed by atoms with van der Waals surface area (Å²) in [5.74, 6) is -1.27. The van der Waals surface area contributed by atoms with Crippen LogP contribution in [-0.4, -0.2) is 30.2 Å². The molecule has 0 amide bonds. The molecule has 2 N–H and O–H groups in total. The van der Waals surface area contributed by atoms with Crippen molar-refractivity contribution in [3.05, 3.63) is 24.0 Å². The first-order valence-corrected chi connectivity index (χ1v) is 5.79. The molecular formula is C8H10N2O4S. The molecule has 1 aromatic rings. The van der Waals surface area contributed by atoms with Crippen molar-refractivity contribution in [1.29, 1.82) is 0 Å². The Bertz CT molecular complexity index is 469. The van der Waals surface area contributed by atoms with Gasteiger partial charge in [0.15, 0.2) is 0 Å². The Morgan fingerprint density at radius 3 is 2.80 bits per heavy atom. The highest BCUT2D eigenvalue weighted by Crippen LogP contribution is 2.10. The van der Waals surface area contributed by atoms with Crippen LogP contribution in [0.5, 0.6) is 0 Å². The number of anilines is 1. The Morgan fingerprint density at radius 2 is 2.27 bits per heavy atom. The van der Waals surface area contributed by atoms with Crippen LogP contribution >= 0.6 is 0 Å². The van der Waals surface area contributed by atoms with Crippen LogP contribution in [0.2, 0.25) is 0 Å². The molecule has 0 aliphatic carbocycles. The quantitative estimate of drug-likeness (QED) is 0.787. The maximum atomic E-state index is 11.2. The summed E-state index contributed by atoms with van der Waals surface area (Å²) in [5, 5.41) is 8.63. The minimum atomic E-state index is -3.39. The second-order valence-electron chi connectivity index (χ2n) is 2.74. The van der Waals surface area contributed by atoms with Crippen LogP contribution < -0.4 is 4.72 Å². The number of carboxylic acids is 1. The molecule has 0 bridgehead atoms. The average molecular weight is 230 g/mol.